The van der Waals surface area contributed by atoms with Crippen LogP contribution in [0.15, 0.2) is 0 Å². The van der Waals surface area contributed by atoms with Crippen molar-refractivity contribution in [2.24, 2.45) is 17.8 Å². The van der Waals surface area contributed by atoms with Crippen LogP contribution < -0.4 is 0 Å². The third kappa shape index (κ3) is 0.968. The Morgan fingerprint density at radius 1 is 1.30 bits per heavy atom. The molecule has 58 valence electrons. The fraction of sp³-hybridized carbons (Fsp3) is 1.00. The Morgan fingerprint density at radius 2 is 2.20 bits per heavy atom. The van der Waals surface area contributed by atoms with Crippen LogP contribution in [-0.2, 0) is 4.74 Å². The van der Waals surface area contributed by atoms with Gasteiger partial charge in [0.25, 0.3) is 0 Å². The van der Waals surface area contributed by atoms with Gasteiger partial charge in [-0.05, 0) is 37.0 Å². The Hall–Kier alpha value is -0.0400. The monoisotopic (exact) mass is 140 g/mol. The van der Waals surface area contributed by atoms with E-state index in [1.165, 1.54) is 25.7 Å². The van der Waals surface area contributed by atoms with Crippen molar-refractivity contribution >= 4 is 0 Å². The Labute approximate surface area is 62.8 Å². The topological polar surface area (TPSA) is 9.23 Å². The Kier molecular flexibility index (Phi) is 1.69. The molecule has 2 fully saturated rings. The molecule has 1 nitrogen and oxygen atoms in total. The third-order valence-electron chi connectivity index (χ3n) is 3.27. The predicted octanol–water partition coefficient (Wildman–Crippen LogP) is 2.07. The largest absolute Gasteiger partial charge is 0.384 e. The summed E-state index contributed by atoms with van der Waals surface area (Å²) < 4.78 is 5.18. The molecule has 0 aromatic carbocycles. The van der Waals surface area contributed by atoms with E-state index >= 15 is 0 Å². The quantitative estimate of drug-likeness (QED) is 0.570. The molecule has 0 amide bonds. The lowest BCUT2D eigenvalue weighted by Crippen LogP contribution is -2.15. The fourth-order valence-corrected chi connectivity index (χ4v) is 2.79. The van der Waals surface area contributed by atoms with Crippen molar-refractivity contribution in [3.8, 4) is 0 Å². The van der Waals surface area contributed by atoms with Gasteiger partial charge in [-0.15, -0.1) is 0 Å². The minimum absolute atomic E-state index is 0.920. The zero-order valence-electron chi connectivity index (χ0n) is 6.68. The normalized spacial score (nSPS) is 44.7. The summed E-state index contributed by atoms with van der Waals surface area (Å²) >= 11 is 0. The Bertz CT molecular complexity index is 122. The van der Waals surface area contributed by atoms with E-state index in [0.717, 1.165) is 24.4 Å². The van der Waals surface area contributed by atoms with Gasteiger partial charge in [0.2, 0.25) is 0 Å². The van der Waals surface area contributed by atoms with Gasteiger partial charge in [-0.1, -0.05) is 6.42 Å². The Balaban J connectivity index is 1.90. The first-order chi connectivity index (χ1) is 4.90. The fourth-order valence-electron chi connectivity index (χ4n) is 2.79. The van der Waals surface area contributed by atoms with Crippen molar-refractivity contribution < 1.29 is 4.74 Å². The highest BCUT2D eigenvalue weighted by atomic mass is 16.5. The molecule has 0 radical (unpaired) electrons. The van der Waals surface area contributed by atoms with Gasteiger partial charge < -0.3 is 4.74 Å². The van der Waals surface area contributed by atoms with E-state index in [4.69, 9.17) is 4.74 Å². The highest BCUT2D eigenvalue weighted by Gasteiger charge is 2.38. The van der Waals surface area contributed by atoms with Crippen LogP contribution in [0.1, 0.15) is 25.7 Å². The van der Waals surface area contributed by atoms with E-state index in [2.05, 4.69) is 0 Å². The van der Waals surface area contributed by atoms with Crippen LogP contribution in [-0.4, -0.2) is 13.7 Å². The maximum Gasteiger partial charge on any atom is 0.0493 e. The second kappa shape index (κ2) is 2.54. The molecular weight excluding hydrogens is 124 g/mol. The average molecular weight is 140 g/mol. The number of hydrogen-bond donors (Lipinski definition) is 0. The molecular formula is C9H16O. The molecule has 2 bridgehead atoms. The lowest BCUT2D eigenvalue weighted by Gasteiger charge is -2.19. The molecule has 2 aliphatic rings. The number of ether oxygens (including phenoxy) is 1. The second-order valence-electron chi connectivity index (χ2n) is 3.89. The molecule has 0 aromatic rings. The van der Waals surface area contributed by atoms with Crippen LogP contribution in [0, 0.1) is 17.8 Å². The number of hydrogen-bond acceptors (Lipinski definition) is 1. The van der Waals surface area contributed by atoms with Crippen molar-refractivity contribution in [1.82, 2.24) is 0 Å². The van der Waals surface area contributed by atoms with Crippen LogP contribution in [0.2, 0.25) is 0 Å². The lowest BCUT2D eigenvalue weighted by atomic mass is 9.90. The molecule has 0 heterocycles. The standard InChI is InChI=1S/C9H16O/c1-10-6-9-5-7-2-3-8(9)4-7/h7-9H,2-6H2,1H3/t7-,8+,9+/m1/s1. The molecule has 10 heavy (non-hydrogen) atoms. The van der Waals surface area contributed by atoms with Gasteiger partial charge in [-0.3, -0.25) is 0 Å². The van der Waals surface area contributed by atoms with Crippen LogP contribution in [0.5, 0.6) is 0 Å². The molecule has 3 atom stereocenters. The summed E-state index contributed by atoms with van der Waals surface area (Å²) in [6.07, 6.45) is 5.95. The Morgan fingerprint density at radius 3 is 2.70 bits per heavy atom. The molecule has 2 rings (SSSR count). The van der Waals surface area contributed by atoms with Gasteiger partial charge in [-0.25, -0.2) is 0 Å². The minimum atomic E-state index is 0.920. The van der Waals surface area contributed by atoms with E-state index < -0.39 is 0 Å². The maximum absolute atomic E-state index is 5.18. The molecule has 0 aromatic heterocycles. The molecule has 0 unspecified atom stereocenters. The number of methoxy groups -OCH3 is 1. The van der Waals surface area contributed by atoms with E-state index in [1.807, 2.05) is 7.11 Å². The first-order valence-electron chi connectivity index (χ1n) is 4.39. The summed E-state index contributed by atoms with van der Waals surface area (Å²) in [5.74, 6) is 3.03. The second-order valence-corrected chi connectivity index (χ2v) is 3.89. The molecule has 2 aliphatic carbocycles. The van der Waals surface area contributed by atoms with Gasteiger partial charge in [-0.2, -0.15) is 0 Å². The van der Waals surface area contributed by atoms with Gasteiger partial charge >= 0.3 is 0 Å². The first-order valence-corrected chi connectivity index (χ1v) is 4.39. The molecule has 2 saturated carbocycles. The van der Waals surface area contributed by atoms with Gasteiger partial charge in [0.15, 0.2) is 0 Å². The number of rotatable bonds is 2. The summed E-state index contributed by atoms with van der Waals surface area (Å²) in [7, 11) is 1.83. The highest BCUT2D eigenvalue weighted by Crippen LogP contribution is 2.48. The van der Waals surface area contributed by atoms with Crippen molar-refractivity contribution in [2.45, 2.75) is 25.7 Å². The summed E-state index contributed by atoms with van der Waals surface area (Å²) in [6, 6.07) is 0. The van der Waals surface area contributed by atoms with Crippen LogP contribution >= 0.6 is 0 Å². The predicted molar refractivity (Wildman–Crippen MR) is 40.8 cm³/mol. The SMILES string of the molecule is COC[C@@H]1C[C@@H]2CC[C@H]1C2. The van der Waals surface area contributed by atoms with Crippen molar-refractivity contribution in [3.63, 3.8) is 0 Å². The van der Waals surface area contributed by atoms with Gasteiger partial charge in [0.1, 0.15) is 0 Å². The van der Waals surface area contributed by atoms with E-state index in [-0.39, 0.29) is 0 Å². The smallest absolute Gasteiger partial charge is 0.0493 e. The third-order valence-corrected chi connectivity index (χ3v) is 3.27. The van der Waals surface area contributed by atoms with Gasteiger partial charge in [0.05, 0.1) is 0 Å². The van der Waals surface area contributed by atoms with Crippen LogP contribution in [0.25, 0.3) is 0 Å². The summed E-state index contributed by atoms with van der Waals surface area (Å²) in [4.78, 5) is 0. The summed E-state index contributed by atoms with van der Waals surface area (Å²) in [6.45, 7) is 1.02. The van der Waals surface area contributed by atoms with E-state index in [0.29, 0.717) is 0 Å². The zero-order valence-corrected chi connectivity index (χ0v) is 6.68. The van der Waals surface area contributed by atoms with Gasteiger partial charge in [0, 0.05) is 13.7 Å². The highest BCUT2D eigenvalue weighted by molar-refractivity contribution is 4.89. The summed E-state index contributed by atoms with van der Waals surface area (Å²) in [5, 5.41) is 0. The number of fused-ring (bicyclic) bond motifs is 2. The maximum atomic E-state index is 5.18. The molecule has 0 saturated heterocycles. The first kappa shape index (κ1) is 6.66. The van der Waals surface area contributed by atoms with Crippen LogP contribution in [0.3, 0.4) is 0 Å². The van der Waals surface area contributed by atoms with Crippen molar-refractivity contribution in [2.75, 3.05) is 13.7 Å². The van der Waals surface area contributed by atoms with Crippen molar-refractivity contribution in [3.05, 3.63) is 0 Å². The minimum Gasteiger partial charge on any atom is -0.384 e. The summed E-state index contributed by atoms with van der Waals surface area (Å²) in [5.41, 5.74) is 0. The zero-order chi connectivity index (χ0) is 6.97. The average Bonchev–Trinajstić information content (AvgIpc) is 2.48. The lowest BCUT2D eigenvalue weighted by molar-refractivity contribution is 0.122. The van der Waals surface area contributed by atoms with E-state index in [9.17, 15) is 0 Å². The molecule has 0 N–H and O–H groups in total. The molecule has 1 heteroatoms. The molecule has 0 spiro atoms. The molecule has 0 aliphatic heterocycles. The van der Waals surface area contributed by atoms with E-state index in [1.54, 1.807) is 0 Å². The van der Waals surface area contributed by atoms with Crippen molar-refractivity contribution in [1.29, 1.82) is 0 Å². The van der Waals surface area contributed by atoms with Crippen LogP contribution in [0.4, 0.5) is 0 Å².